The molecule has 0 radical (unpaired) electrons. The molecule has 4 rings (SSSR count). The molecule has 1 saturated carbocycles. The zero-order chi connectivity index (χ0) is 19.5. The van der Waals surface area contributed by atoms with Crippen LogP contribution in [-0.2, 0) is 11.3 Å². The van der Waals surface area contributed by atoms with Crippen molar-refractivity contribution in [1.29, 1.82) is 0 Å². The van der Waals surface area contributed by atoms with Crippen molar-refractivity contribution < 1.29 is 9.53 Å². The molecule has 0 spiro atoms. The number of benzene rings is 2. The highest BCUT2D eigenvalue weighted by Crippen LogP contribution is 2.35. The first-order valence-corrected chi connectivity index (χ1v) is 9.88. The van der Waals surface area contributed by atoms with Gasteiger partial charge in [-0.25, -0.2) is 4.99 Å². The van der Waals surface area contributed by atoms with Gasteiger partial charge in [0.1, 0.15) is 17.5 Å². The second kappa shape index (κ2) is 7.92. The molecule has 1 amide bonds. The smallest absolute Gasteiger partial charge is 0.240 e. The van der Waals surface area contributed by atoms with Crippen molar-refractivity contribution in [3.63, 3.8) is 0 Å². The third-order valence-electron chi connectivity index (χ3n) is 5.62. The molecule has 1 unspecified atom stereocenters. The molecule has 2 aliphatic rings. The number of carbonyl (C=O) groups excluding carboxylic acids is 1. The SMILES string of the molecule is NC(=O)C(C1CCCCC1)N1Cc2cc(Oc3ccccc3)ccc2N=C1N. The standard InChI is InChI=1S/C22H26N4O2/c23-21(27)20(15-7-3-1-4-8-15)26-14-16-13-18(11-12-19(16)25-22(26)24)28-17-9-5-2-6-10-17/h2,5-6,9-13,15,20H,1,3-4,7-8,14H2,(H2,23,27)(H2,24,25). The maximum atomic E-state index is 12.3. The number of rotatable bonds is 5. The lowest BCUT2D eigenvalue weighted by Gasteiger charge is -2.39. The van der Waals surface area contributed by atoms with Gasteiger partial charge in [-0.2, -0.15) is 0 Å². The minimum Gasteiger partial charge on any atom is -0.457 e. The van der Waals surface area contributed by atoms with Crippen LogP contribution in [0.4, 0.5) is 5.69 Å². The Labute approximate surface area is 165 Å². The average Bonchev–Trinajstić information content (AvgIpc) is 2.70. The Morgan fingerprint density at radius 1 is 1.07 bits per heavy atom. The predicted molar refractivity (Wildman–Crippen MR) is 109 cm³/mol. The summed E-state index contributed by atoms with van der Waals surface area (Å²) < 4.78 is 5.94. The summed E-state index contributed by atoms with van der Waals surface area (Å²) in [5.74, 6) is 1.76. The summed E-state index contributed by atoms with van der Waals surface area (Å²) in [6.07, 6.45) is 5.48. The maximum absolute atomic E-state index is 12.3. The summed E-state index contributed by atoms with van der Waals surface area (Å²) in [4.78, 5) is 18.7. The van der Waals surface area contributed by atoms with Crippen LogP contribution in [0, 0.1) is 5.92 Å². The van der Waals surface area contributed by atoms with Crippen LogP contribution in [0.5, 0.6) is 11.5 Å². The number of hydrogen-bond acceptors (Lipinski definition) is 5. The van der Waals surface area contributed by atoms with Gasteiger partial charge < -0.3 is 21.1 Å². The lowest BCUT2D eigenvalue weighted by molar-refractivity contribution is -0.124. The van der Waals surface area contributed by atoms with Crippen LogP contribution >= 0.6 is 0 Å². The number of aliphatic imine (C=N–C) groups is 1. The monoisotopic (exact) mass is 378 g/mol. The maximum Gasteiger partial charge on any atom is 0.240 e. The van der Waals surface area contributed by atoms with Crippen LogP contribution in [0.25, 0.3) is 0 Å². The van der Waals surface area contributed by atoms with Crippen molar-refractivity contribution in [2.24, 2.45) is 22.4 Å². The molecule has 1 aliphatic carbocycles. The molecule has 0 aromatic heterocycles. The molecule has 2 aromatic carbocycles. The zero-order valence-electron chi connectivity index (χ0n) is 15.9. The van der Waals surface area contributed by atoms with E-state index in [1.165, 1.54) is 6.42 Å². The van der Waals surface area contributed by atoms with E-state index in [4.69, 9.17) is 16.2 Å². The number of carbonyl (C=O) groups is 1. The van der Waals surface area contributed by atoms with E-state index < -0.39 is 6.04 Å². The highest BCUT2D eigenvalue weighted by atomic mass is 16.5. The number of nitrogens with zero attached hydrogens (tertiary/aromatic N) is 2. The Kier molecular flexibility index (Phi) is 5.19. The molecule has 0 bridgehead atoms. The molecule has 1 heterocycles. The number of fused-ring (bicyclic) bond motifs is 1. The lowest BCUT2D eigenvalue weighted by Crippen LogP contribution is -2.54. The van der Waals surface area contributed by atoms with Crippen LogP contribution in [0.2, 0.25) is 0 Å². The fourth-order valence-corrected chi connectivity index (χ4v) is 4.27. The van der Waals surface area contributed by atoms with Crippen LogP contribution < -0.4 is 16.2 Å². The molecule has 4 N–H and O–H groups in total. The summed E-state index contributed by atoms with van der Waals surface area (Å²) >= 11 is 0. The van der Waals surface area contributed by atoms with Gasteiger partial charge in [0.25, 0.3) is 0 Å². The Morgan fingerprint density at radius 2 is 1.82 bits per heavy atom. The van der Waals surface area contributed by atoms with Crippen molar-refractivity contribution >= 4 is 17.6 Å². The quantitative estimate of drug-likeness (QED) is 0.830. The second-order valence-corrected chi connectivity index (χ2v) is 7.55. The Hall–Kier alpha value is -3.02. The zero-order valence-corrected chi connectivity index (χ0v) is 15.9. The van der Waals surface area contributed by atoms with Gasteiger partial charge in [0.15, 0.2) is 5.96 Å². The minimum absolute atomic E-state index is 0.227. The molecule has 6 nitrogen and oxygen atoms in total. The Bertz CT molecular complexity index is 875. The Morgan fingerprint density at radius 3 is 2.54 bits per heavy atom. The van der Waals surface area contributed by atoms with Crippen molar-refractivity contribution in [2.45, 2.75) is 44.7 Å². The number of ether oxygens (including phenoxy) is 1. The van der Waals surface area contributed by atoms with Crippen LogP contribution in [0.15, 0.2) is 53.5 Å². The molecule has 1 atom stereocenters. The van der Waals surface area contributed by atoms with E-state index in [0.717, 1.165) is 48.4 Å². The molecule has 146 valence electrons. The molecule has 0 saturated heterocycles. The second-order valence-electron chi connectivity index (χ2n) is 7.55. The average molecular weight is 378 g/mol. The number of amides is 1. The normalized spacial score (nSPS) is 18.1. The van der Waals surface area contributed by atoms with E-state index in [2.05, 4.69) is 4.99 Å². The van der Waals surface area contributed by atoms with Gasteiger partial charge in [-0.15, -0.1) is 0 Å². The Balaban J connectivity index is 1.59. The lowest BCUT2D eigenvalue weighted by atomic mass is 9.82. The molecule has 1 aliphatic heterocycles. The largest absolute Gasteiger partial charge is 0.457 e. The summed E-state index contributed by atoms with van der Waals surface area (Å²) in [6, 6.07) is 15.0. The minimum atomic E-state index is -0.420. The summed E-state index contributed by atoms with van der Waals surface area (Å²) in [6.45, 7) is 0.501. The first-order chi connectivity index (χ1) is 13.6. The van der Waals surface area contributed by atoms with E-state index in [0.29, 0.717) is 12.5 Å². The highest BCUT2D eigenvalue weighted by Gasteiger charge is 2.36. The van der Waals surface area contributed by atoms with Gasteiger partial charge in [-0.05, 0) is 49.1 Å². The highest BCUT2D eigenvalue weighted by molar-refractivity contribution is 5.90. The van der Waals surface area contributed by atoms with Gasteiger partial charge >= 0.3 is 0 Å². The number of hydrogen-bond donors (Lipinski definition) is 2. The summed E-state index contributed by atoms with van der Waals surface area (Å²) in [5, 5.41) is 0. The van der Waals surface area contributed by atoms with Crippen molar-refractivity contribution in [3.05, 3.63) is 54.1 Å². The number of nitrogens with two attached hydrogens (primary N) is 2. The first-order valence-electron chi connectivity index (χ1n) is 9.88. The molecule has 1 fully saturated rings. The van der Waals surface area contributed by atoms with Crippen molar-refractivity contribution in [2.75, 3.05) is 0 Å². The fraction of sp³-hybridized carbons (Fsp3) is 0.364. The van der Waals surface area contributed by atoms with E-state index in [9.17, 15) is 4.79 Å². The number of guanidine groups is 1. The van der Waals surface area contributed by atoms with Gasteiger partial charge in [0.2, 0.25) is 5.91 Å². The number of para-hydroxylation sites is 1. The molecule has 6 heteroatoms. The molecular formula is C22H26N4O2. The van der Waals surface area contributed by atoms with Gasteiger partial charge in [-0.3, -0.25) is 4.79 Å². The molecular weight excluding hydrogens is 352 g/mol. The molecule has 2 aromatic rings. The van der Waals surface area contributed by atoms with E-state index >= 15 is 0 Å². The predicted octanol–water partition coefficient (Wildman–Crippen LogP) is 3.67. The van der Waals surface area contributed by atoms with Crippen LogP contribution in [0.1, 0.15) is 37.7 Å². The third-order valence-corrected chi connectivity index (χ3v) is 5.62. The summed E-state index contributed by atoms with van der Waals surface area (Å²) in [5.41, 5.74) is 13.8. The van der Waals surface area contributed by atoms with Gasteiger partial charge in [0.05, 0.1) is 5.69 Å². The first kappa shape index (κ1) is 18.3. The van der Waals surface area contributed by atoms with Crippen molar-refractivity contribution in [1.82, 2.24) is 4.90 Å². The van der Waals surface area contributed by atoms with Crippen molar-refractivity contribution in [3.8, 4) is 11.5 Å². The fourth-order valence-electron chi connectivity index (χ4n) is 4.27. The van der Waals surface area contributed by atoms with Crippen LogP contribution in [0.3, 0.4) is 0 Å². The van der Waals surface area contributed by atoms with Gasteiger partial charge in [-0.1, -0.05) is 37.5 Å². The summed E-state index contributed by atoms with van der Waals surface area (Å²) in [7, 11) is 0. The third kappa shape index (κ3) is 3.81. The van der Waals surface area contributed by atoms with E-state index in [-0.39, 0.29) is 11.8 Å². The molecule has 28 heavy (non-hydrogen) atoms. The van der Waals surface area contributed by atoms with E-state index in [1.54, 1.807) is 0 Å². The number of primary amides is 1. The van der Waals surface area contributed by atoms with Gasteiger partial charge in [0, 0.05) is 12.1 Å². The van der Waals surface area contributed by atoms with Crippen LogP contribution in [-0.4, -0.2) is 22.8 Å². The van der Waals surface area contributed by atoms with E-state index in [1.807, 2.05) is 53.4 Å². The topological polar surface area (TPSA) is 93.9 Å².